The van der Waals surface area contributed by atoms with Crippen molar-refractivity contribution in [3.63, 3.8) is 0 Å². The van der Waals surface area contributed by atoms with Crippen molar-refractivity contribution in [2.75, 3.05) is 18.2 Å². The summed E-state index contributed by atoms with van der Waals surface area (Å²) < 4.78 is 28.6. The van der Waals surface area contributed by atoms with Gasteiger partial charge >= 0.3 is 0 Å². The Kier molecular flexibility index (Phi) is 5.39. The number of carbonyl (C=O) groups excluding carboxylic acids is 1. The van der Waals surface area contributed by atoms with Crippen LogP contribution in [0.2, 0.25) is 0 Å². The lowest BCUT2D eigenvalue weighted by atomic mass is 10.2. The zero-order valence-electron chi connectivity index (χ0n) is 13.1. The van der Waals surface area contributed by atoms with E-state index in [0.717, 1.165) is 17.6 Å². The lowest BCUT2D eigenvalue weighted by molar-refractivity contribution is -0.116. The molecule has 0 aliphatic heterocycles. The van der Waals surface area contributed by atoms with Gasteiger partial charge in [-0.05, 0) is 36.8 Å². The van der Waals surface area contributed by atoms with E-state index in [9.17, 15) is 13.2 Å². The van der Waals surface area contributed by atoms with E-state index in [0.29, 0.717) is 5.69 Å². The minimum Gasteiger partial charge on any atom is -0.493 e. The van der Waals surface area contributed by atoms with Gasteiger partial charge in [-0.25, -0.2) is 8.42 Å². The van der Waals surface area contributed by atoms with Crippen LogP contribution in [-0.4, -0.2) is 27.2 Å². The standard InChI is InChI=1S/C17H19NO4S/c1-13-6-3-4-9-16(13)22-11-10-17(19)18-14-7-5-8-15(12-14)23(2,20)21/h3-9,12H,10-11H2,1-2H3,(H,18,19). The highest BCUT2D eigenvalue weighted by Gasteiger charge is 2.09. The normalized spacial score (nSPS) is 11.0. The molecule has 122 valence electrons. The fraction of sp³-hybridized carbons (Fsp3) is 0.235. The monoisotopic (exact) mass is 333 g/mol. The van der Waals surface area contributed by atoms with E-state index >= 15 is 0 Å². The molecule has 0 bridgehead atoms. The molecule has 0 fully saturated rings. The number of rotatable bonds is 6. The van der Waals surface area contributed by atoms with Crippen LogP contribution < -0.4 is 10.1 Å². The number of sulfone groups is 1. The molecular formula is C17H19NO4S. The van der Waals surface area contributed by atoms with Crippen LogP contribution in [0.25, 0.3) is 0 Å². The summed E-state index contributed by atoms with van der Waals surface area (Å²) in [6, 6.07) is 13.8. The minimum atomic E-state index is -3.29. The van der Waals surface area contributed by atoms with Crippen LogP contribution in [0.3, 0.4) is 0 Å². The fourth-order valence-corrected chi connectivity index (χ4v) is 2.67. The Morgan fingerprint density at radius 2 is 1.87 bits per heavy atom. The highest BCUT2D eigenvalue weighted by atomic mass is 32.2. The van der Waals surface area contributed by atoms with Crippen LogP contribution in [0.1, 0.15) is 12.0 Å². The van der Waals surface area contributed by atoms with Crippen LogP contribution in [0.5, 0.6) is 5.75 Å². The molecule has 0 aromatic heterocycles. The molecule has 0 unspecified atom stereocenters. The van der Waals surface area contributed by atoms with Crippen LogP contribution in [0.15, 0.2) is 53.4 Å². The van der Waals surface area contributed by atoms with Crippen molar-refractivity contribution in [1.29, 1.82) is 0 Å². The highest BCUT2D eigenvalue weighted by molar-refractivity contribution is 7.90. The summed E-state index contributed by atoms with van der Waals surface area (Å²) in [7, 11) is -3.29. The molecule has 2 rings (SSSR count). The number of hydrogen-bond acceptors (Lipinski definition) is 4. The van der Waals surface area contributed by atoms with E-state index in [2.05, 4.69) is 5.32 Å². The molecule has 0 atom stereocenters. The molecule has 23 heavy (non-hydrogen) atoms. The number of benzene rings is 2. The number of para-hydroxylation sites is 1. The number of hydrogen-bond donors (Lipinski definition) is 1. The number of ether oxygens (including phenoxy) is 1. The van der Waals surface area contributed by atoms with Crippen molar-refractivity contribution in [3.05, 3.63) is 54.1 Å². The Bertz CT molecular complexity index is 800. The van der Waals surface area contributed by atoms with Crippen molar-refractivity contribution in [1.82, 2.24) is 0 Å². The molecule has 1 N–H and O–H groups in total. The van der Waals surface area contributed by atoms with Gasteiger partial charge in [0.1, 0.15) is 5.75 Å². The average Bonchev–Trinajstić information content (AvgIpc) is 2.48. The zero-order valence-corrected chi connectivity index (χ0v) is 13.9. The van der Waals surface area contributed by atoms with Crippen molar-refractivity contribution in [3.8, 4) is 5.75 Å². The summed E-state index contributed by atoms with van der Waals surface area (Å²) in [6.07, 6.45) is 1.31. The van der Waals surface area contributed by atoms with Crippen LogP contribution in [-0.2, 0) is 14.6 Å². The summed E-state index contributed by atoms with van der Waals surface area (Å²) in [4.78, 5) is 12.1. The molecule has 0 spiro atoms. The Labute approximate surface area is 136 Å². The van der Waals surface area contributed by atoms with Gasteiger partial charge in [-0.15, -0.1) is 0 Å². The van der Waals surface area contributed by atoms with Gasteiger partial charge in [0.15, 0.2) is 9.84 Å². The first-order valence-electron chi connectivity index (χ1n) is 7.14. The lowest BCUT2D eigenvalue weighted by Crippen LogP contribution is -2.15. The lowest BCUT2D eigenvalue weighted by Gasteiger charge is -2.09. The van der Waals surface area contributed by atoms with Gasteiger partial charge in [0.05, 0.1) is 17.9 Å². The maximum absolute atomic E-state index is 11.9. The number of carbonyl (C=O) groups is 1. The summed E-state index contributed by atoms with van der Waals surface area (Å²) in [5.41, 5.74) is 1.46. The molecule has 2 aromatic carbocycles. The molecule has 0 aliphatic carbocycles. The summed E-state index contributed by atoms with van der Waals surface area (Å²) in [5.74, 6) is 0.517. The molecule has 0 saturated heterocycles. The second kappa shape index (κ2) is 7.28. The maximum atomic E-state index is 11.9. The predicted molar refractivity (Wildman–Crippen MR) is 89.5 cm³/mol. The van der Waals surface area contributed by atoms with Gasteiger partial charge in [-0.2, -0.15) is 0 Å². The molecule has 2 aromatic rings. The summed E-state index contributed by atoms with van der Waals surface area (Å²) in [5, 5.41) is 2.67. The first-order chi connectivity index (χ1) is 10.9. The van der Waals surface area contributed by atoms with Crippen molar-refractivity contribution in [2.45, 2.75) is 18.2 Å². The van der Waals surface area contributed by atoms with E-state index in [1.165, 1.54) is 12.1 Å². The average molecular weight is 333 g/mol. The van der Waals surface area contributed by atoms with Gasteiger partial charge in [0.2, 0.25) is 5.91 Å². The van der Waals surface area contributed by atoms with Crippen molar-refractivity contribution in [2.24, 2.45) is 0 Å². The third-order valence-electron chi connectivity index (χ3n) is 3.23. The van der Waals surface area contributed by atoms with E-state index in [-0.39, 0.29) is 23.8 Å². The first-order valence-corrected chi connectivity index (χ1v) is 9.04. The quantitative estimate of drug-likeness (QED) is 0.882. The third kappa shape index (κ3) is 5.10. The smallest absolute Gasteiger partial charge is 0.227 e. The molecule has 1 amide bonds. The highest BCUT2D eigenvalue weighted by Crippen LogP contribution is 2.17. The molecule has 0 saturated carbocycles. The molecule has 5 nitrogen and oxygen atoms in total. The van der Waals surface area contributed by atoms with Crippen LogP contribution in [0.4, 0.5) is 5.69 Å². The number of anilines is 1. The van der Waals surface area contributed by atoms with E-state index in [1.807, 2.05) is 31.2 Å². The third-order valence-corrected chi connectivity index (χ3v) is 4.34. The Hall–Kier alpha value is -2.34. The number of nitrogens with one attached hydrogen (secondary N) is 1. The molecule has 6 heteroatoms. The fourth-order valence-electron chi connectivity index (χ4n) is 2.00. The maximum Gasteiger partial charge on any atom is 0.227 e. The number of amides is 1. The van der Waals surface area contributed by atoms with Crippen molar-refractivity contribution >= 4 is 21.4 Å². The van der Waals surface area contributed by atoms with Crippen molar-refractivity contribution < 1.29 is 17.9 Å². The Morgan fingerprint density at radius 1 is 1.13 bits per heavy atom. The summed E-state index contributed by atoms with van der Waals surface area (Å²) in [6.45, 7) is 2.19. The molecular weight excluding hydrogens is 314 g/mol. The van der Waals surface area contributed by atoms with E-state index < -0.39 is 9.84 Å². The first kappa shape index (κ1) is 17.0. The van der Waals surface area contributed by atoms with E-state index in [1.54, 1.807) is 12.1 Å². The predicted octanol–water partition coefficient (Wildman–Crippen LogP) is 2.81. The Balaban J connectivity index is 1.89. The van der Waals surface area contributed by atoms with Gasteiger partial charge in [0.25, 0.3) is 0 Å². The second-order valence-electron chi connectivity index (χ2n) is 5.21. The van der Waals surface area contributed by atoms with Crippen LogP contribution >= 0.6 is 0 Å². The number of aryl methyl sites for hydroxylation is 1. The van der Waals surface area contributed by atoms with Gasteiger partial charge in [-0.1, -0.05) is 24.3 Å². The molecule has 0 radical (unpaired) electrons. The minimum absolute atomic E-state index is 0.173. The van der Waals surface area contributed by atoms with Gasteiger partial charge in [0, 0.05) is 11.9 Å². The van der Waals surface area contributed by atoms with E-state index in [4.69, 9.17) is 4.74 Å². The molecule has 0 aliphatic rings. The largest absolute Gasteiger partial charge is 0.493 e. The SMILES string of the molecule is Cc1ccccc1OCCC(=O)Nc1cccc(S(C)(=O)=O)c1. The van der Waals surface area contributed by atoms with Crippen LogP contribution in [0, 0.1) is 6.92 Å². The topological polar surface area (TPSA) is 72.5 Å². The second-order valence-corrected chi connectivity index (χ2v) is 7.23. The summed E-state index contributed by atoms with van der Waals surface area (Å²) >= 11 is 0. The van der Waals surface area contributed by atoms with Gasteiger partial charge in [-0.3, -0.25) is 4.79 Å². The molecule has 0 heterocycles. The zero-order chi connectivity index (χ0) is 16.9. The Morgan fingerprint density at radius 3 is 2.57 bits per heavy atom. The van der Waals surface area contributed by atoms with Gasteiger partial charge < -0.3 is 10.1 Å².